The fourth-order valence-corrected chi connectivity index (χ4v) is 2.84. The average molecular weight is 346 g/mol. The van der Waals surface area contributed by atoms with Gasteiger partial charge in [-0.2, -0.15) is 0 Å². The SMILES string of the molecule is COc1ccccc1N1C[C@H](C(=O)Oc2ccccc2Cl)CC1=O. The van der Waals surface area contributed by atoms with E-state index in [2.05, 4.69) is 0 Å². The van der Waals surface area contributed by atoms with E-state index < -0.39 is 11.9 Å². The summed E-state index contributed by atoms with van der Waals surface area (Å²) in [5.41, 5.74) is 0.651. The van der Waals surface area contributed by atoms with Gasteiger partial charge in [0.15, 0.2) is 0 Å². The molecule has 1 aliphatic rings. The molecule has 0 aromatic heterocycles. The molecule has 2 aromatic rings. The second kappa shape index (κ2) is 6.93. The number of methoxy groups -OCH3 is 1. The first-order valence-corrected chi connectivity index (χ1v) is 7.87. The molecule has 5 nitrogen and oxygen atoms in total. The quantitative estimate of drug-likeness (QED) is 0.630. The van der Waals surface area contributed by atoms with Crippen molar-refractivity contribution in [2.24, 2.45) is 5.92 Å². The molecule has 2 aromatic carbocycles. The number of hydrogen-bond donors (Lipinski definition) is 0. The Bertz CT molecular complexity index is 777. The number of halogens is 1. The highest BCUT2D eigenvalue weighted by atomic mass is 35.5. The van der Waals surface area contributed by atoms with E-state index in [0.29, 0.717) is 22.2 Å². The highest BCUT2D eigenvalue weighted by molar-refractivity contribution is 6.32. The maximum atomic E-state index is 12.4. The van der Waals surface area contributed by atoms with Gasteiger partial charge >= 0.3 is 5.97 Å². The van der Waals surface area contributed by atoms with Crippen molar-refractivity contribution in [3.8, 4) is 11.5 Å². The Balaban J connectivity index is 1.75. The summed E-state index contributed by atoms with van der Waals surface area (Å²) in [6.45, 7) is 0.252. The molecular formula is C18H16ClNO4. The van der Waals surface area contributed by atoms with Gasteiger partial charge in [-0.1, -0.05) is 35.9 Å². The maximum Gasteiger partial charge on any atom is 0.316 e. The maximum absolute atomic E-state index is 12.4. The van der Waals surface area contributed by atoms with Crippen LogP contribution in [0.5, 0.6) is 11.5 Å². The number of carbonyl (C=O) groups is 2. The van der Waals surface area contributed by atoms with Crippen molar-refractivity contribution < 1.29 is 19.1 Å². The van der Waals surface area contributed by atoms with Crippen molar-refractivity contribution >= 4 is 29.2 Å². The van der Waals surface area contributed by atoms with Crippen LogP contribution >= 0.6 is 11.6 Å². The summed E-state index contributed by atoms with van der Waals surface area (Å²) in [5, 5.41) is 0.358. The fourth-order valence-electron chi connectivity index (χ4n) is 2.67. The van der Waals surface area contributed by atoms with Gasteiger partial charge in [0.25, 0.3) is 0 Å². The molecule has 124 valence electrons. The molecule has 0 N–H and O–H groups in total. The molecule has 1 fully saturated rings. The molecule has 3 rings (SSSR count). The van der Waals surface area contributed by atoms with E-state index in [1.165, 1.54) is 0 Å². The molecule has 0 bridgehead atoms. The van der Waals surface area contributed by atoms with Crippen molar-refractivity contribution in [3.05, 3.63) is 53.6 Å². The normalized spacial score (nSPS) is 17.0. The van der Waals surface area contributed by atoms with Crippen LogP contribution in [0.25, 0.3) is 0 Å². The predicted octanol–water partition coefficient (Wildman–Crippen LogP) is 3.31. The van der Waals surface area contributed by atoms with Crippen LogP contribution in [-0.2, 0) is 9.59 Å². The largest absolute Gasteiger partial charge is 0.495 e. The van der Waals surface area contributed by atoms with Crippen LogP contribution in [0, 0.1) is 5.92 Å². The minimum atomic E-state index is -0.543. The molecular weight excluding hydrogens is 330 g/mol. The molecule has 1 heterocycles. The van der Waals surface area contributed by atoms with Gasteiger partial charge < -0.3 is 14.4 Å². The van der Waals surface area contributed by atoms with Crippen LogP contribution in [0.1, 0.15) is 6.42 Å². The fraction of sp³-hybridized carbons (Fsp3) is 0.222. The van der Waals surface area contributed by atoms with Gasteiger partial charge in [0, 0.05) is 13.0 Å². The summed E-state index contributed by atoms with van der Waals surface area (Å²) >= 11 is 6.00. The number of esters is 1. The van der Waals surface area contributed by atoms with Crippen molar-refractivity contribution in [2.75, 3.05) is 18.6 Å². The van der Waals surface area contributed by atoms with Gasteiger partial charge in [0.2, 0.25) is 5.91 Å². The molecule has 0 spiro atoms. The monoisotopic (exact) mass is 345 g/mol. The second-order valence-electron chi connectivity index (χ2n) is 5.43. The molecule has 6 heteroatoms. The topological polar surface area (TPSA) is 55.8 Å². The number of carbonyl (C=O) groups excluding carboxylic acids is 2. The third kappa shape index (κ3) is 3.21. The lowest BCUT2D eigenvalue weighted by Gasteiger charge is -2.19. The highest BCUT2D eigenvalue weighted by Gasteiger charge is 2.37. The van der Waals surface area contributed by atoms with Gasteiger partial charge in [-0.25, -0.2) is 0 Å². The van der Waals surface area contributed by atoms with E-state index in [1.54, 1.807) is 48.4 Å². The summed E-state index contributed by atoms with van der Waals surface area (Å²) < 4.78 is 10.6. The van der Waals surface area contributed by atoms with E-state index in [9.17, 15) is 9.59 Å². The van der Waals surface area contributed by atoms with Gasteiger partial charge in [-0.05, 0) is 24.3 Å². The summed E-state index contributed by atoms with van der Waals surface area (Å²) in [7, 11) is 1.54. The van der Waals surface area contributed by atoms with Gasteiger partial charge in [0.05, 0.1) is 23.7 Å². The Morgan fingerprint density at radius 3 is 2.50 bits per heavy atom. The molecule has 0 unspecified atom stereocenters. The van der Waals surface area contributed by atoms with Crippen LogP contribution in [-0.4, -0.2) is 25.5 Å². The van der Waals surface area contributed by atoms with Crippen LogP contribution in [0.3, 0.4) is 0 Å². The van der Waals surface area contributed by atoms with Crippen LogP contribution < -0.4 is 14.4 Å². The summed E-state index contributed by atoms with van der Waals surface area (Å²) in [4.78, 5) is 26.2. The first kappa shape index (κ1) is 16.3. The Kier molecular flexibility index (Phi) is 4.71. The Morgan fingerprint density at radius 2 is 1.79 bits per heavy atom. The molecule has 1 aliphatic heterocycles. The standard InChI is InChI=1S/C18H16ClNO4/c1-23-16-9-5-3-7-14(16)20-11-12(10-17(20)21)18(22)24-15-8-4-2-6-13(15)19/h2-9,12H,10-11H2,1H3/t12-/m1/s1. The average Bonchev–Trinajstić information content (AvgIpc) is 2.98. The van der Waals surface area contributed by atoms with E-state index in [-0.39, 0.29) is 18.9 Å². The number of ether oxygens (including phenoxy) is 2. The number of amides is 1. The molecule has 0 aliphatic carbocycles. The van der Waals surface area contributed by atoms with E-state index in [4.69, 9.17) is 21.1 Å². The highest BCUT2D eigenvalue weighted by Crippen LogP contribution is 2.33. The number of rotatable bonds is 4. The molecule has 1 saturated heterocycles. The van der Waals surface area contributed by atoms with Crippen molar-refractivity contribution in [2.45, 2.75) is 6.42 Å². The Labute approximate surface area is 144 Å². The van der Waals surface area contributed by atoms with Gasteiger partial charge in [-0.3, -0.25) is 9.59 Å². The van der Waals surface area contributed by atoms with Crippen LogP contribution in [0.4, 0.5) is 5.69 Å². The number of anilines is 1. The van der Waals surface area contributed by atoms with Gasteiger partial charge in [-0.15, -0.1) is 0 Å². The Hall–Kier alpha value is -2.53. The first-order chi connectivity index (χ1) is 11.6. The predicted molar refractivity (Wildman–Crippen MR) is 90.5 cm³/mol. The van der Waals surface area contributed by atoms with E-state index >= 15 is 0 Å². The third-order valence-corrected chi connectivity index (χ3v) is 4.19. The van der Waals surface area contributed by atoms with E-state index in [1.807, 2.05) is 12.1 Å². The summed E-state index contributed by atoms with van der Waals surface area (Å²) in [6.07, 6.45) is 0.0985. The molecule has 0 saturated carbocycles. The Morgan fingerprint density at radius 1 is 1.12 bits per heavy atom. The summed E-state index contributed by atoms with van der Waals surface area (Å²) in [5.74, 6) is -0.258. The third-order valence-electron chi connectivity index (χ3n) is 3.88. The van der Waals surface area contributed by atoms with Crippen LogP contribution in [0.2, 0.25) is 5.02 Å². The van der Waals surface area contributed by atoms with E-state index in [0.717, 1.165) is 0 Å². The summed E-state index contributed by atoms with van der Waals surface area (Å²) in [6, 6.07) is 14.0. The number of hydrogen-bond acceptors (Lipinski definition) is 4. The zero-order valence-electron chi connectivity index (χ0n) is 13.1. The van der Waals surface area contributed by atoms with Crippen LogP contribution in [0.15, 0.2) is 48.5 Å². The lowest BCUT2D eigenvalue weighted by molar-refractivity contribution is -0.139. The van der Waals surface area contributed by atoms with Crippen molar-refractivity contribution in [3.63, 3.8) is 0 Å². The lowest BCUT2D eigenvalue weighted by atomic mass is 10.1. The zero-order valence-corrected chi connectivity index (χ0v) is 13.8. The molecule has 0 radical (unpaired) electrons. The molecule has 1 atom stereocenters. The minimum Gasteiger partial charge on any atom is -0.495 e. The minimum absolute atomic E-state index is 0.0985. The number of para-hydroxylation sites is 3. The second-order valence-corrected chi connectivity index (χ2v) is 5.84. The first-order valence-electron chi connectivity index (χ1n) is 7.49. The van der Waals surface area contributed by atoms with Crippen molar-refractivity contribution in [1.82, 2.24) is 0 Å². The molecule has 1 amide bonds. The number of benzene rings is 2. The lowest BCUT2D eigenvalue weighted by Crippen LogP contribution is -2.27. The smallest absolute Gasteiger partial charge is 0.316 e. The van der Waals surface area contributed by atoms with Crippen molar-refractivity contribution in [1.29, 1.82) is 0 Å². The molecule has 24 heavy (non-hydrogen) atoms. The van der Waals surface area contributed by atoms with Gasteiger partial charge in [0.1, 0.15) is 11.5 Å². The zero-order chi connectivity index (χ0) is 17.1. The number of nitrogens with zero attached hydrogens (tertiary/aromatic N) is 1.